The van der Waals surface area contributed by atoms with E-state index in [-0.39, 0.29) is 36.8 Å². The number of nitrogens with zero attached hydrogens (tertiary/aromatic N) is 3. The summed E-state index contributed by atoms with van der Waals surface area (Å²) in [5, 5.41) is 13.1. The lowest BCUT2D eigenvalue weighted by molar-refractivity contribution is -0.141. The second kappa shape index (κ2) is 6.12. The minimum Gasteiger partial charge on any atom is -0.481 e. The fraction of sp³-hybridized carbons (Fsp3) is 0.600. The van der Waals surface area contributed by atoms with Crippen molar-refractivity contribution in [3.8, 4) is 0 Å². The Morgan fingerprint density at radius 2 is 2.18 bits per heavy atom. The average molecular weight is 282 g/mol. The third kappa shape index (κ3) is 3.04. The summed E-state index contributed by atoms with van der Waals surface area (Å²) in [5.74, 6) is -0.959. The highest BCUT2D eigenvalue weighted by Crippen LogP contribution is 2.29. The van der Waals surface area contributed by atoms with Gasteiger partial charge in [0.25, 0.3) is 0 Å². The number of anilines is 1. The van der Waals surface area contributed by atoms with E-state index in [4.69, 9.17) is 5.11 Å². The van der Waals surface area contributed by atoms with E-state index in [1.54, 1.807) is 10.9 Å². The van der Waals surface area contributed by atoms with E-state index in [2.05, 4.69) is 10.00 Å². The normalized spacial score (nSPS) is 22.8. The Hall–Kier alpha value is -0.940. The van der Waals surface area contributed by atoms with Gasteiger partial charge in [-0.1, -0.05) is 0 Å². The number of aliphatic carboxylic acids is 1. The molecular formula is C10H17Cl2N3O2. The first-order chi connectivity index (χ1) is 7.09. The molecule has 98 valence electrons. The highest BCUT2D eigenvalue weighted by atomic mass is 35.5. The molecule has 0 aliphatic carbocycles. The van der Waals surface area contributed by atoms with E-state index in [1.165, 1.54) is 0 Å². The first kappa shape index (κ1) is 16.1. The highest BCUT2D eigenvalue weighted by molar-refractivity contribution is 5.85. The zero-order valence-electron chi connectivity index (χ0n) is 9.74. The zero-order valence-corrected chi connectivity index (χ0v) is 11.4. The van der Waals surface area contributed by atoms with Crippen molar-refractivity contribution in [2.24, 2.45) is 13.0 Å². The van der Waals surface area contributed by atoms with Crippen molar-refractivity contribution < 1.29 is 9.90 Å². The molecule has 1 N–H and O–H groups in total. The van der Waals surface area contributed by atoms with E-state index in [1.807, 2.05) is 20.2 Å². The van der Waals surface area contributed by atoms with Gasteiger partial charge >= 0.3 is 5.97 Å². The topological polar surface area (TPSA) is 58.4 Å². The predicted octanol–water partition coefficient (Wildman–Crippen LogP) is 1.56. The summed E-state index contributed by atoms with van der Waals surface area (Å²) in [5.41, 5.74) is 1.01. The van der Waals surface area contributed by atoms with Crippen molar-refractivity contribution in [3.63, 3.8) is 0 Å². The van der Waals surface area contributed by atoms with Gasteiger partial charge in [-0.25, -0.2) is 0 Å². The maximum atomic E-state index is 10.9. The van der Waals surface area contributed by atoms with Gasteiger partial charge in [0.05, 0.1) is 17.8 Å². The Morgan fingerprint density at radius 1 is 1.53 bits per heavy atom. The van der Waals surface area contributed by atoms with Gasteiger partial charge in [0.1, 0.15) is 0 Å². The lowest BCUT2D eigenvalue weighted by atomic mass is 10.0. The van der Waals surface area contributed by atoms with Crippen molar-refractivity contribution >= 4 is 36.5 Å². The number of halogens is 2. The molecule has 1 aromatic rings. The lowest BCUT2D eigenvalue weighted by Gasteiger charge is -2.23. The molecule has 1 saturated heterocycles. The largest absolute Gasteiger partial charge is 0.481 e. The molecule has 2 unspecified atom stereocenters. The molecule has 1 fully saturated rings. The molecular weight excluding hydrogens is 265 g/mol. The second-order valence-electron chi connectivity index (χ2n) is 4.04. The molecule has 1 aliphatic rings. The smallest absolute Gasteiger partial charge is 0.308 e. The summed E-state index contributed by atoms with van der Waals surface area (Å²) in [6, 6.07) is 0.0479. The van der Waals surface area contributed by atoms with Gasteiger partial charge in [-0.05, 0) is 13.3 Å². The van der Waals surface area contributed by atoms with E-state index in [9.17, 15) is 4.79 Å². The second-order valence-corrected chi connectivity index (χ2v) is 4.04. The van der Waals surface area contributed by atoms with Crippen LogP contribution < -0.4 is 4.90 Å². The van der Waals surface area contributed by atoms with E-state index in [0.717, 1.165) is 12.2 Å². The molecule has 0 amide bonds. The first-order valence-electron chi connectivity index (χ1n) is 5.07. The number of carboxylic acids is 1. The van der Waals surface area contributed by atoms with E-state index < -0.39 is 5.97 Å². The first-order valence-corrected chi connectivity index (χ1v) is 5.07. The third-order valence-corrected chi connectivity index (χ3v) is 3.10. The highest BCUT2D eigenvalue weighted by Gasteiger charge is 2.35. The van der Waals surface area contributed by atoms with Crippen molar-refractivity contribution in [2.45, 2.75) is 19.4 Å². The van der Waals surface area contributed by atoms with Crippen molar-refractivity contribution in [3.05, 3.63) is 12.4 Å². The number of aromatic nitrogens is 2. The number of hydrogen-bond acceptors (Lipinski definition) is 3. The summed E-state index contributed by atoms with van der Waals surface area (Å²) in [7, 11) is 1.86. The van der Waals surface area contributed by atoms with Crippen molar-refractivity contribution in [1.29, 1.82) is 0 Å². The van der Waals surface area contributed by atoms with Gasteiger partial charge in [-0.15, -0.1) is 24.8 Å². The molecule has 1 aliphatic heterocycles. The van der Waals surface area contributed by atoms with Crippen molar-refractivity contribution in [2.75, 3.05) is 11.4 Å². The van der Waals surface area contributed by atoms with Gasteiger partial charge in [0.2, 0.25) is 0 Å². The molecule has 0 saturated carbocycles. The maximum absolute atomic E-state index is 10.9. The summed E-state index contributed by atoms with van der Waals surface area (Å²) < 4.78 is 1.73. The van der Waals surface area contributed by atoms with Crippen LogP contribution in [-0.4, -0.2) is 33.4 Å². The lowest BCUT2D eigenvalue weighted by Crippen LogP contribution is -2.32. The zero-order chi connectivity index (χ0) is 11.0. The summed E-state index contributed by atoms with van der Waals surface area (Å²) in [6.45, 7) is 2.75. The van der Waals surface area contributed by atoms with Gasteiger partial charge < -0.3 is 10.0 Å². The van der Waals surface area contributed by atoms with Gasteiger partial charge in [-0.2, -0.15) is 5.10 Å². The third-order valence-electron chi connectivity index (χ3n) is 3.10. The minimum absolute atomic E-state index is 0. The number of rotatable bonds is 2. The van der Waals surface area contributed by atoms with Crippen LogP contribution in [0.25, 0.3) is 0 Å². The predicted molar refractivity (Wildman–Crippen MR) is 70.3 cm³/mol. The van der Waals surface area contributed by atoms with Crippen LogP contribution in [0.1, 0.15) is 13.3 Å². The maximum Gasteiger partial charge on any atom is 0.308 e. The standard InChI is InChI=1S/C10H15N3O2.2ClH/c1-7-9(10(14)15)3-4-13(7)8-5-11-12(2)6-8;;/h5-7,9H,3-4H2,1-2H3,(H,14,15);2*1H. The summed E-state index contributed by atoms with van der Waals surface area (Å²) in [6.07, 6.45) is 4.41. The average Bonchev–Trinajstić information content (AvgIpc) is 2.71. The molecule has 5 nitrogen and oxygen atoms in total. The molecule has 0 bridgehead atoms. The minimum atomic E-state index is -0.700. The molecule has 17 heavy (non-hydrogen) atoms. The molecule has 2 rings (SSSR count). The molecule has 7 heteroatoms. The van der Waals surface area contributed by atoms with Crippen LogP contribution in [0.15, 0.2) is 12.4 Å². The summed E-state index contributed by atoms with van der Waals surface area (Å²) >= 11 is 0. The van der Waals surface area contributed by atoms with Gasteiger partial charge in [0, 0.05) is 25.8 Å². The number of carboxylic acid groups (broad SMARTS) is 1. The Labute approximate surface area is 113 Å². The molecule has 2 atom stereocenters. The van der Waals surface area contributed by atoms with Crippen LogP contribution in [0.5, 0.6) is 0 Å². The van der Waals surface area contributed by atoms with E-state index >= 15 is 0 Å². The molecule has 2 heterocycles. The van der Waals surface area contributed by atoms with Gasteiger partial charge in [0.15, 0.2) is 0 Å². The van der Waals surface area contributed by atoms with E-state index in [0.29, 0.717) is 6.42 Å². The Balaban J connectivity index is 0.00000128. The SMILES string of the molecule is CC1C(C(=O)O)CCN1c1cnn(C)c1.Cl.Cl. The fourth-order valence-electron chi connectivity index (χ4n) is 2.19. The Morgan fingerprint density at radius 3 is 2.59 bits per heavy atom. The van der Waals surface area contributed by atoms with Crippen LogP contribution >= 0.6 is 24.8 Å². The van der Waals surface area contributed by atoms with Crippen LogP contribution in [0, 0.1) is 5.92 Å². The van der Waals surface area contributed by atoms with Crippen LogP contribution in [0.4, 0.5) is 5.69 Å². The quantitative estimate of drug-likeness (QED) is 0.894. The molecule has 0 radical (unpaired) electrons. The number of aryl methyl sites for hydroxylation is 1. The van der Waals surface area contributed by atoms with Crippen LogP contribution in [-0.2, 0) is 11.8 Å². The monoisotopic (exact) mass is 281 g/mol. The van der Waals surface area contributed by atoms with Gasteiger partial charge in [-0.3, -0.25) is 9.48 Å². The Kier molecular flexibility index (Phi) is 5.78. The fourth-order valence-corrected chi connectivity index (χ4v) is 2.19. The number of carbonyl (C=O) groups is 1. The summed E-state index contributed by atoms with van der Waals surface area (Å²) in [4.78, 5) is 13.0. The molecule has 1 aromatic heterocycles. The molecule has 0 aromatic carbocycles. The number of hydrogen-bond donors (Lipinski definition) is 1. The van der Waals surface area contributed by atoms with Crippen LogP contribution in [0.3, 0.4) is 0 Å². The van der Waals surface area contributed by atoms with Crippen molar-refractivity contribution in [1.82, 2.24) is 9.78 Å². The van der Waals surface area contributed by atoms with Crippen LogP contribution in [0.2, 0.25) is 0 Å². The Bertz CT molecular complexity index is 383. The molecule has 0 spiro atoms.